The van der Waals surface area contributed by atoms with E-state index in [9.17, 15) is 8.42 Å². The summed E-state index contributed by atoms with van der Waals surface area (Å²) < 4.78 is 33.8. The number of fused-ring (bicyclic) bond motifs is 1. The summed E-state index contributed by atoms with van der Waals surface area (Å²) in [6, 6.07) is 25.2. The van der Waals surface area contributed by atoms with Gasteiger partial charge in [-0.2, -0.15) is 8.42 Å². The molecule has 0 amide bonds. The number of amidine groups is 1. The van der Waals surface area contributed by atoms with Gasteiger partial charge in [0.25, 0.3) is 10.0 Å². The summed E-state index contributed by atoms with van der Waals surface area (Å²) >= 11 is 0. The molecule has 0 unspecified atom stereocenters. The molecule has 6 nitrogen and oxygen atoms in total. The van der Waals surface area contributed by atoms with Crippen molar-refractivity contribution in [3.05, 3.63) is 95.6 Å². The summed E-state index contributed by atoms with van der Waals surface area (Å²) in [6.07, 6.45) is 0.720. The zero-order valence-corrected chi connectivity index (χ0v) is 17.9. The van der Waals surface area contributed by atoms with Crippen LogP contribution >= 0.6 is 0 Å². The van der Waals surface area contributed by atoms with Crippen molar-refractivity contribution in [2.24, 2.45) is 4.40 Å². The highest BCUT2D eigenvalue weighted by Crippen LogP contribution is 2.24. The maximum Gasteiger partial charge on any atom is 0.285 e. The third kappa shape index (κ3) is 5.51. The molecule has 7 heteroatoms. The zero-order chi connectivity index (χ0) is 21.5. The molecule has 0 bridgehead atoms. The molecule has 0 fully saturated rings. The Labute approximate surface area is 183 Å². The van der Waals surface area contributed by atoms with Gasteiger partial charge in [-0.25, -0.2) is 0 Å². The van der Waals surface area contributed by atoms with Crippen LogP contribution in [0.3, 0.4) is 0 Å². The van der Waals surface area contributed by atoms with Crippen molar-refractivity contribution in [3.63, 3.8) is 0 Å². The first-order valence-corrected chi connectivity index (χ1v) is 11.7. The van der Waals surface area contributed by atoms with Gasteiger partial charge in [-0.15, -0.1) is 4.40 Å². The lowest BCUT2D eigenvalue weighted by atomic mass is 10.2. The van der Waals surface area contributed by atoms with E-state index in [1.165, 1.54) is 5.56 Å². The summed E-state index contributed by atoms with van der Waals surface area (Å²) in [5.74, 6) is 1.23. The average molecular weight is 436 g/mol. The van der Waals surface area contributed by atoms with Crippen LogP contribution in [0.4, 0.5) is 0 Å². The van der Waals surface area contributed by atoms with Crippen LogP contribution in [-0.4, -0.2) is 27.4 Å². The number of ether oxygens (including phenoxy) is 1. The number of benzene rings is 3. The molecule has 3 aromatic carbocycles. The van der Waals surface area contributed by atoms with Gasteiger partial charge < -0.3 is 15.4 Å². The minimum atomic E-state index is -3.58. The molecule has 4 rings (SSSR count). The van der Waals surface area contributed by atoms with E-state index in [0.29, 0.717) is 24.6 Å². The average Bonchev–Trinajstić information content (AvgIpc) is 3.05. The summed E-state index contributed by atoms with van der Waals surface area (Å²) in [7, 11) is -3.58. The van der Waals surface area contributed by atoms with Gasteiger partial charge in [0.15, 0.2) is 0 Å². The quantitative estimate of drug-likeness (QED) is 0.503. The second kappa shape index (κ2) is 9.76. The molecule has 0 spiro atoms. The van der Waals surface area contributed by atoms with Gasteiger partial charge in [0.2, 0.25) is 0 Å². The van der Waals surface area contributed by atoms with Crippen LogP contribution in [0.25, 0.3) is 0 Å². The van der Waals surface area contributed by atoms with E-state index in [1.807, 2.05) is 42.5 Å². The van der Waals surface area contributed by atoms with Crippen LogP contribution < -0.4 is 15.4 Å². The minimum Gasteiger partial charge on any atom is -0.494 e. The molecular weight excluding hydrogens is 410 g/mol. The van der Waals surface area contributed by atoms with Crippen molar-refractivity contribution < 1.29 is 13.2 Å². The maximum atomic E-state index is 12.1. The van der Waals surface area contributed by atoms with E-state index in [0.717, 1.165) is 30.8 Å². The fourth-order valence-corrected chi connectivity index (χ4v) is 4.59. The normalized spacial score (nSPS) is 14.0. The highest BCUT2D eigenvalue weighted by molar-refractivity contribution is 7.90. The summed E-state index contributed by atoms with van der Waals surface area (Å²) in [5.41, 5.74) is 3.04. The van der Waals surface area contributed by atoms with Crippen LogP contribution in [0.2, 0.25) is 0 Å². The van der Waals surface area contributed by atoms with E-state index in [4.69, 9.17) is 4.74 Å². The molecule has 0 aliphatic carbocycles. The number of hydrogen-bond acceptors (Lipinski definition) is 5. The van der Waals surface area contributed by atoms with Gasteiger partial charge >= 0.3 is 0 Å². The molecule has 0 atom stereocenters. The van der Waals surface area contributed by atoms with Crippen molar-refractivity contribution >= 4 is 15.9 Å². The smallest absolute Gasteiger partial charge is 0.285 e. The lowest BCUT2D eigenvalue weighted by Crippen LogP contribution is -2.25. The van der Waals surface area contributed by atoms with E-state index in [-0.39, 0.29) is 4.90 Å². The molecular formula is C24H25N3O3S. The first-order valence-electron chi connectivity index (χ1n) is 10.3. The third-order valence-electron chi connectivity index (χ3n) is 4.91. The summed E-state index contributed by atoms with van der Waals surface area (Å²) in [4.78, 5) is 0.256. The standard InChI is InChI=1S/C24H25N3O3S/c28-31(29)23-13-5-4-12-22(23)24(27-31)26-14-7-15-30-21-11-6-10-20(16-21)18-25-17-19-8-2-1-3-9-19/h1-6,8-13,16,25H,7,14-15,17-18H2,(H,26,27). The van der Waals surface area contributed by atoms with E-state index >= 15 is 0 Å². The topological polar surface area (TPSA) is 79.8 Å². The Morgan fingerprint density at radius 3 is 2.45 bits per heavy atom. The van der Waals surface area contributed by atoms with Crippen LogP contribution in [0.15, 0.2) is 88.2 Å². The largest absolute Gasteiger partial charge is 0.494 e. The van der Waals surface area contributed by atoms with Crippen LogP contribution in [0, 0.1) is 0 Å². The summed E-state index contributed by atoms with van der Waals surface area (Å²) in [5, 5.41) is 6.56. The molecule has 160 valence electrons. The summed E-state index contributed by atoms with van der Waals surface area (Å²) in [6.45, 7) is 2.68. The Balaban J connectivity index is 1.20. The number of rotatable bonds is 9. The van der Waals surface area contributed by atoms with Gasteiger partial charge in [-0.05, 0) is 41.8 Å². The Morgan fingerprint density at radius 2 is 1.58 bits per heavy atom. The zero-order valence-electron chi connectivity index (χ0n) is 17.1. The lowest BCUT2D eigenvalue weighted by Gasteiger charge is -2.10. The van der Waals surface area contributed by atoms with E-state index < -0.39 is 10.0 Å². The molecule has 0 aromatic heterocycles. The Morgan fingerprint density at radius 1 is 0.839 bits per heavy atom. The van der Waals surface area contributed by atoms with Crippen molar-refractivity contribution in [1.82, 2.24) is 10.6 Å². The highest BCUT2D eigenvalue weighted by Gasteiger charge is 2.27. The van der Waals surface area contributed by atoms with Gasteiger partial charge in [0, 0.05) is 25.2 Å². The highest BCUT2D eigenvalue weighted by atomic mass is 32.2. The van der Waals surface area contributed by atoms with Gasteiger partial charge in [0.05, 0.1) is 6.61 Å². The second-order valence-corrected chi connectivity index (χ2v) is 8.85. The Kier molecular flexibility index (Phi) is 6.64. The van der Waals surface area contributed by atoms with Crippen molar-refractivity contribution in [2.75, 3.05) is 13.2 Å². The minimum absolute atomic E-state index is 0.256. The molecule has 1 aliphatic heterocycles. The van der Waals surface area contributed by atoms with Crippen LogP contribution in [0.1, 0.15) is 23.1 Å². The van der Waals surface area contributed by atoms with Gasteiger partial charge in [-0.3, -0.25) is 0 Å². The van der Waals surface area contributed by atoms with E-state index in [2.05, 4.69) is 33.2 Å². The molecule has 0 saturated heterocycles. The fourth-order valence-electron chi connectivity index (χ4n) is 3.39. The maximum absolute atomic E-state index is 12.1. The SMILES string of the molecule is O=S1(=O)N=C(NCCCOc2cccc(CNCc3ccccc3)c2)c2ccccc21. The van der Waals surface area contributed by atoms with Gasteiger partial charge in [-0.1, -0.05) is 54.6 Å². The Hall–Kier alpha value is -3.16. The number of nitrogens with zero attached hydrogens (tertiary/aromatic N) is 1. The first-order chi connectivity index (χ1) is 15.1. The van der Waals surface area contributed by atoms with Crippen molar-refractivity contribution in [3.8, 4) is 5.75 Å². The van der Waals surface area contributed by atoms with E-state index in [1.54, 1.807) is 18.2 Å². The van der Waals surface area contributed by atoms with Crippen molar-refractivity contribution in [2.45, 2.75) is 24.4 Å². The predicted octanol–water partition coefficient (Wildman–Crippen LogP) is 3.48. The molecule has 3 aromatic rings. The molecule has 1 aliphatic rings. The number of hydrogen-bond donors (Lipinski definition) is 2. The van der Waals surface area contributed by atoms with Crippen LogP contribution in [-0.2, 0) is 23.1 Å². The van der Waals surface area contributed by atoms with Crippen molar-refractivity contribution in [1.29, 1.82) is 0 Å². The predicted molar refractivity (Wildman–Crippen MR) is 122 cm³/mol. The molecule has 0 radical (unpaired) electrons. The van der Waals surface area contributed by atoms with Crippen LogP contribution in [0.5, 0.6) is 5.75 Å². The lowest BCUT2D eigenvalue weighted by molar-refractivity contribution is 0.311. The van der Waals surface area contributed by atoms with Gasteiger partial charge in [0.1, 0.15) is 16.5 Å². The third-order valence-corrected chi connectivity index (χ3v) is 6.25. The number of nitrogens with one attached hydrogen (secondary N) is 2. The first kappa shape index (κ1) is 21.1. The monoisotopic (exact) mass is 435 g/mol. The number of sulfonamides is 1. The second-order valence-electron chi connectivity index (χ2n) is 7.28. The molecule has 1 heterocycles. The fraction of sp³-hybridized carbons (Fsp3) is 0.208. The molecule has 31 heavy (non-hydrogen) atoms. The Bertz CT molecular complexity index is 1160. The molecule has 2 N–H and O–H groups in total. The molecule has 0 saturated carbocycles.